The van der Waals surface area contributed by atoms with Gasteiger partial charge in [0.1, 0.15) is 11.6 Å². The zero-order valence-electron chi connectivity index (χ0n) is 14.2. The highest BCUT2D eigenvalue weighted by Gasteiger charge is 2.36. The number of halogens is 1. The summed E-state index contributed by atoms with van der Waals surface area (Å²) in [5.41, 5.74) is 0.393. The number of rotatable bonds is 7. The third kappa shape index (κ3) is 4.13. The van der Waals surface area contributed by atoms with Gasteiger partial charge in [-0.3, -0.25) is 9.52 Å². The first-order valence-electron chi connectivity index (χ1n) is 8.25. The quantitative estimate of drug-likeness (QED) is 0.774. The highest BCUT2D eigenvalue weighted by atomic mass is 32.2. The zero-order valence-corrected chi connectivity index (χ0v) is 15.0. The van der Waals surface area contributed by atoms with Crippen molar-refractivity contribution in [2.45, 2.75) is 25.0 Å². The third-order valence-corrected chi connectivity index (χ3v) is 5.73. The minimum absolute atomic E-state index is 0.0296. The maximum atomic E-state index is 13.6. The minimum Gasteiger partial charge on any atom is -0.492 e. The molecule has 0 radical (unpaired) electrons. The Bertz CT molecular complexity index is 927. The number of hydrogen-bond acceptors (Lipinski definition) is 4. The van der Waals surface area contributed by atoms with Gasteiger partial charge in [0.15, 0.2) is 0 Å². The molecule has 1 aliphatic carbocycles. The number of anilines is 2. The fourth-order valence-electron chi connectivity index (χ4n) is 2.45. The topological polar surface area (TPSA) is 84.5 Å². The minimum atomic E-state index is -3.62. The van der Waals surface area contributed by atoms with Gasteiger partial charge in [0.25, 0.3) is 5.91 Å². The van der Waals surface area contributed by atoms with Crippen LogP contribution in [-0.2, 0) is 10.0 Å². The molecule has 2 aromatic carbocycles. The third-order valence-electron chi connectivity index (χ3n) is 3.88. The van der Waals surface area contributed by atoms with Gasteiger partial charge in [-0.15, -0.1) is 0 Å². The number of carbonyl (C=O) groups excluding carboxylic acids is 1. The van der Waals surface area contributed by atoms with E-state index in [9.17, 15) is 17.6 Å². The molecule has 2 aromatic rings. The Hall–Kier alpha value is -2.61. The van der Waals surface area contributed by atoms with Crippen LogP contribution in [0.25, 0.3) is 0 Å². The molecule has 0 heterocycles. The summed E-state index contributed by atoms with van der Waals surface area (Å²) >= 11 is 0. The average molecular weight is 378 g/mol. The SMILES string of the molecule is CCOc1ccccc1NC(=O)c1ccc(F)cc1NS(=O)(=O)C1CC1. The summed E-state index contributed by atoms with van der Waals surface area (Å²) in [6, 6.07) is 10.2. The monoisotopic (exact) mass is 378 g/mol. The standard InChI is InChI=1S/C18H19FN2O4S/c1-2-25-17-6-4-3-5-15(17)20-18(22)14-10-7-12(19)11-16(14)21-26(23,24)13-8-9-13/h3-7,10-11,13,21H,2,8-9H2,1H3,(H,20,22). The molecule has 26 heavy (non-hydrogen) atoms. The summed E-state index contributed by atoms with van der Waals surface area (Å²) in [6.45, 7) is 2.25. The summed E-state index contributed by atoms with van der Waals surface area (Å²) in [6.07, 6.45) is 1.13. The fraction of sp³-hybridized carbons (Fsp3) is 0.278. The Balaban J connectivity index is 1.88. The molecule has 0 aromatic heterocycles. The summed E-state index contributed by atoms with van der Waals surface area (Å²) in [7, 11) is -3.62. The van der Waals surface area contributed by atoms with Crippen molar-refractivity contribution in [2.75, 3.05) is 16.6 Å². The largest absolute Gasteiger partial charge is 0.492 e. The molecule has 0 bridgehead atoms. The van der Waals surface area contributed by atoms with E-state index in [1.807, 2.05) is 6.92 Å². The summed E-state index contributed by atoms with van der Waals surface area (Å²) in [5.74, 6) is -0.707. The van der Waals surface area contributed by atoms with E-state index in [2.05, 4.69) is 10.0 Å². The molecule has 1 fully saturated rings. The average Bonchev–Trinajstić information content (AvgIpc) is 3.42. The van der Waals surface area contributed by atoms with E-state index in [0.29, 0.717) is 30.9 Å². The lowest BCUT2D eigenvalue weighted by Crippen LogP contribution is -2.21. The van der Waals surface area contributed by atoms with Crippen LogP contribution in [-0.4, -0.2) is 26.2 Å². The Labute approximate surface area is 151 Å². The predicted molar refractivity (Wildman–Crippen MR) is 97.5 cm³/mol. The first-order chi connectivity index (χ1) is 12.4. The van der Waals surface area contributed by atoms with Gasteiger partial charge in [-0.1, -0.05) is 12.1 Å². The Morgan fingerprint density at radius 1 is 1.19 bits per heavy atom. The van der Waals surface area contributed by atoms with Gasteiger partial charge in [0, 0.05) is 0 Å². The number of nitrogens with one attached hydrogen (secondary N) is 2. The summed E-state index contributed by atoms with van der Waals surface area (Å²) < 4.78 is 45.7. The molecule has 8 heteroatoms. The summed E-state index contributed by atoms with van der Waals surface area (Å²) in [5, 5.41) is 2.20. The normalized spacial score (nSPS) is 13.9. The molecule has 0 saturated heterocycles. The molecule has 1 saturated carbocycles. The lowest BCUT2D eigenvalue weighted by atomic mass is 10.1. The van der Waals surface area contributed by atoms with Gasteiger partial charge >= 0.3 is 0 Å². The second kappa shape index (κ2) is 7.33. The number of para-hydroxylation sites is 2. The van der Waals surface area contributed by atoms with E-state index in [4.69, 9.17) is 4.74 Å². The van der Waals surface area contributed by atoms with Crippen LogP contribution in [0.4, 0.5) is 15.8 Å². The van der Waals surface area contributed by atoms with Gasteiger partial charge in [-0.25, -0.2) is 12.8 Å². The van der Waals surface area contributed by atoms with E-state index < -0.39 is 27.0 Å². The second-order valence-electron chi connectivity index (χ2n) is 5.92. The molecule has 6 nitrogen and oxygen atoms in total. The molecule has 0 atom stereocenters. The van der Waals surface area contributed by atoms with Crippen LogP contribution in [0, 0.1) is 5.82 Å². The van der Waals surface area contributed by atoms with Crippen LogP contribution >= 0.6 is 0 Å². The first kappa shape index (κ1) is 18.2. The number of benzene rings is 2. The van der Waals surface area contributed by atoms with Crippen LogP contribution in [0.3, 0.4) is 0 Å². The molecule has 3 rings (SSSR count). The van der Waals surface area contributed by atoms with Crippen molar-refractivity contribution in [3.8, 4) is 5.75 Å². The van der Waals surface area contributed by atoms with Crippen LogP contribution in [0.1, 0.15) is 30.1 Å². The molecule has 1 aliphatic rings. The van der Waals surface area contributed by atoms with E-state index in [0.717, 1.165) is 12.1 Å². The maximum absolute atomic E-state index is 13.6. The molecule has 0 spiro atoms. The van der Waals surface area contributed by atoms with E-state index in [1.54, 1.807) is 24.3 Å². The van der Waals surface area contributed by atoms with Crippen LogP contribution < -0.4 is 14.8 Å². The van der Waals surface area contributed by atoms with Crippen molar-refractivity contribution in [2.24, 2.45) is 0 Å². The Morgan fingerprint density at radius 2 is 1.92 bits per heavy atom. The molecule has 0 aliphatic heterocycles. The van der Waals surface area contributed by atoms with Crippen LogP contribution in [0.15, 0.2) is 42.5 Å². The Morgan fingerprint density at radius 3 is 2.62 bits per heavy atom. The number of amides is 1. The van der Waals surface area contributed by atoms with E-state index in [1.165, 1.54) is 6.07 Å². The van der Waals surface area contributed by atoms with Crippen molar-refractivity contribution in [1.29, 1.82) is 0 Å². The number of carbonyl (C=O) groups is 1. The summed E-state index contributed by atoms with van der Waals surface area (Å²) in [4.78, 5) is 12.7. The first-order valence-corrected chi connectivity index (χ1v) is 9.79. The number of hydrogen-bond donors (Lipinski definition) is 2. The second-order valence-corrected chi connectivity index (χ2v) is 7.88. The molecular weight excluding hydrogens is 359 g/mol. The van der Waals surface area contributed by atoms with E-state index >= 15 is 0 Å². The zero-order chi connectivity index (χ0) is 18.7. The van der Waals surface area contributed by atoms with Crippen molar-refractivity contribution in [3.05, 3.63) is 53.8 Å². The van der Waals surface area contributed by atoms with Crippen LogP contribution in [0.5, 0.6) is 5.75 Å². The number of sulfonamides is 1. The van der Waals surface area contributed by atoms with Crippen molar-refractivity contribution in [3.63, 3.8) is 0 Å². The molecule has 0 unspecified atom stereocenters. The van der Waals surface area contributed by atoms with Gasteiger partial charge in [0.05, 0.1) is 28.8 Å². The molecule has 2 N–H and O–H groups in total. The molecular formula is C18H19FN2O4S. The van der Waals surface area contributed by atoms with Crippen molar-refractivity contribution < 1.29 is 22.3 Å². The van der Waals surface area contributed by atoms with Crippen molar-refractivity contribution >= 4 is 27.3 Å². The highest BCUT2D eigenvalue weighted by Crippen LogP contribution is 2.31. The van der Waals surface area contributed by atoms with Gasteiger partial charge in [-0.05, 0) is 50.1 Å². The lowest BCUT2D eigenvalue weighted by molar-refractivity contribution is 0.102. The molecule has 138 valence electrons. The smallest absolute Gasteiger partial charge is 0.257 e. The fourth-order valence-corrected chi connectivity index (χ4v) is 3.85. The maximum Gasteiger partial charge on any atom is 0.257 e. The predicted octanol–water partition coefficient (Wildman–Crippen LogP) is 3.38. The van der Waals surface area contributed by atoms with Gasteiger partial charge in [-0.2, -0.15) is 0 Å². The van der Waals surface area contributed by atoms with Gasteiger partial charge < -0.3 is 10.1 Å². The van der Waals surface area contributed by atoms with E-state index in [-0.39, 0.29) is 11.3 Å². The highest BCUT2D eigenvalue weighted by molar-refractivity contribution is 7.93. The number of ether oxygens (including phenoxy) is 1. The van der Waals surface area contributed by atoms with Gasteiger partial charge in [0.2, 0.25) is 10.0 Å². The Kier molecular flexibility index (Phi) is 5.13. The van der Waals surface area contributed by atoms with Crippen LogP contribution in [0.2, 0.25) is 0 Å². The lowest BCUT2D eigenvalue weighted by Gasteiger charge is -2.14. The van der Waals surface area contributed by atoms with Crippen molar-refractivity contribution in [1.82, 2.24) is 0 Å². The molecule has 1 amide bonds.